The quantitative estimate of drug-likeness (QED) is 0.381. The van der Waals surface area contributed by atoms with E-state index in [-0.39, 0.29) is 29.8 Å². The minimum absolute atomic E-state index is 0.0186. The van der Waals surface area contributed by atoms with E-state index in [4.69, 9.17) is 30.6 Å². The van der Waals surface area contributed by atoms with Crippen LogP contribution < -0.4 is 0 Å². The van der Waals surface area contributed by atoms with Crippen molar-refractivity contribution in [1.82, 2.24) is 0 Å². The van der Waals surface area contributed by atoms with Crippen molar-refractivity contribution < 1.29 is 49.8 Å². The molecule has 1 rings (SSSR count). The van der Waals surface area contributed by atoms with E-state index < -0.39 is 23.9 Å². The Morgan fingerprint density at radius 3 is 1.33 bits per heavy atom. The van der Waals surface area contributed by atoms with E-state index >= 15 is 0 Å². The number of aromatic carboxylic acids is 2. The molecule has 0 saturated heterocycles. The highest BCUT2D eigenvalue weighted by Gasteiger charge is 2.13. The Morgan fingerprint density at radius 1 is 0.815 bits per heavy atom. The summed E-state index contributed by atoms with van der Waals surface area (Å²) in [4.78, 5) is 39.9. The first-order chi connectivity index (χ1) is 12.4. The number of aliphatic hydroxyl groups excluding tert-OH is 2. The molecule has 0 heterocycles. The molecule has 6 N–H and O–H groups in total. The van der Waals surface area contributed by atoms with Crippen LogP contribution in [0.2, 0.25) is 0 Å². The van der Waals surface area contributed by atoms with Crippen molar-refractivity contribution in [3.63, 3.8) is 0 Å². The predicted octanol–water partition coefficient (Wildman–Crippen LogP) is 0.792. The minimum Gasteiger partial charge on any atom is -0.478 e. The number of aliphatic hydroxyl groups is 2. The standard InChI is InChI=1S/C8H6O4.C5H12O2.C4H4O4/c9-7(10)5-2-1-3-6(4-5)8(11)12;1-5(2,3-6)4-7;5-3(6)1-2-4(7)8/h1-4H,(H,9,10)(H,11,12);6-7H,3-4H2,1-2H3;1-2H,(H,5,6)(H,7,8)/b;;2-1+. The van der Waals surface area contributed by atoms with Crippen molar-refractivity contribution in [1.29, 1.82) is 0 Å². The lowest BCUT2D eigenvalue weighted by Crippen LogP contribution is -2.20. The highest BCUT2D eigenvalue weighted by molar-refractivity contribution is 5.93. The maximum atomic E-state index is 10.4. The summed E-state index contributed by atoms with van der Waals surface area (Å²) in [7, 11) is 0. The fourth-order valence-corrected chi connectivity index (χ4v) is 0.978. The Balaban J connectivity index is 0. The minimum atomic E-state index is -1.26. The van der Waals surface area contributed by atoms with E-state index in [1.165, 1.54) is 18.2 Å². The second kappa shape index (κ2) is 13.0. The van der Waals surface area contributed by atoms with Gasteiger partial charge in [0.2, 0.25) is 0 Å². The third-order valence-electron chi connectivity index (χ3n) is 2.58. The second-order valence-electron chi connectivity index (χ2n) is 5.68. The van der Waals surface area contributed by atoms with E-state index in [0.717, 1.165) is 6.07 Å². The van der Waals surface area contributed by atoms with Crippen LogP contribution in [0.4, 0.5) is 0 Å². The molecule has 0 atom stereocenters. The van der Waals surface area contributed by atoms with Crippen LogP contribution in [-0.2, 0) is 9.59 Å². The SMILES string of the molecule is CC(C)(CO)CO.O=C(O)/C=C/C(=O)O.O=C(O)c1cccc(C(=O)O)c1. The number of aliphatic carboxylic acids is 2. The molecule has 0 unspecified atom stereocenters. The Hall–Kier alpha value is -3.24. The molecule has 0 amide bonds. The molecule has 1 aromatic rings. The Labute approximate surface area is 154 Å². The summed E-state index contributed by atoms with van der Waals surface area (Å²) >= 11 is 0. The van der Waals surface area contributed by atoms with Crippen LogP contribution in [0.1, 0.15) is 34.6 Å². The van der Waals surface area contributed by atoms with Gasteiger partial charge >= 0.3 is 23.9 Å². The van der Waals surface area contributed by atoms with Gasteiger partial charge in [0.1, 0.15) is 0 Å². The third kappa shape index (κ3) is 14.8. The normalized spacial score (nSPS) is 10.1. The number of rotatable bonds is 6. The summed E-state index contributed by atoms with van der Waals surface area (Å²) in [5.41, 5.74) is -0.343. The number of carboxylic acids is 4. The van der Waals surface area contributed by atoms with Crippen molar-refractivity contribution in [2.75, 3.05) is 13.2 Å². The van der Waals surface area contributed by atoms with Gasteiger partial charge in [0, 0.05) is 17.6 Å². The topological polar surface area (TPSA) is 190 Å². The lowest BCUT2D eigenvalue weighted by Gasteiger charge is -2.16. The van der Waals surface area contributed by atoms with Crippen molar-refractivity contribution >= 4 is 23.9 Å². The maximum absolute atomic E-state index is 10.4. The van der Waals surface area contributed by atoms with Gasteiger partial charge in [0.05, 0.1) is 24.3 Å². The first-order valence-corrected chi connectivity index (χ1v) is 7.28. The molecule has 10 heteroatoms. The van der Waals surface area contributed by atoms with Crippen LogP contribution in [-0.4, -0.2) is 67.7 Å². The van der Waals surface area contributed by atoms with E-state index in [2.05, 4.69) is 0 Å². The van der Waals surface area contributed by atoms with E-state index in [0.29, 0.717) is 12.2 Å². The smallest absolute Gasteiger partial charge is 0.335 e. The highest BCUT2D eigenvalue weighted by atomic mass is 16.4. The monoisotopic (exact) mass is 386 g/mol. The van der Waals surface area contributed by atoms with Gasteiger partial charge in [-0.1, -0.05) is 19.9 Å². The lowest BCUT2D eigenvalue weighted by atomic mass is 9.97. The molecule has 0 spiro atoms. The van der Waals surface area contributed by atoms with Crippen molar-refractivity contribution in [3.8, 4) is 0 Å². The second-order valence-corrected chi connectivity index (χ2v) is 5.68. The maximum Gasteiger partial charge on any atom is 0.335 e. The zero-order chi connectivity index (χ0) is 21.6. The number of carboxylic acid groups (broad SMARTS) is 4. The van der Waals surface area contributed by atoms with Crippen LogP contribution >= 0.6 is 0 Å². The van der Waals surface area contributed by atoms with Gasteiger partial charge in [0.15, 0.2) is 0 Å². The molecule has 0 aliphatic rings. The van der Waals surface area contributed by atoms with Crippen LogP contribution in [0.25, 0.3) is 0 Å². The number of hydrogen-bond donors (Lipinski definition) is 6. The van der Waals surface area contributed by atoms with Gasteiger partial charge < -0.3 is 30.6 Å². The molecule has 150 valence electrons. The molecular weight excluding hydrogens is 364 g/mol. The van der Waals surface area contributed by atoms with Crippen LogP contribution in [0.3, 0.4) is 0 Å². The third-order valence-corrected chi connectivity index (χ3v) is 2.58. The summed E-state index contributed by atoms with van der Waals surface area (Å²) < 4.78 is 0. The van der Waals surface area contributed by atoms with Gasteiger partial charge in [-0.15, -0.1) is 0 Å². The largest absolute Gasteiger partial charge is 0.478 e. The number of benzene rings is 1. The molecule has 0 fully saturated rings. The van der Waals surface area contributed by atoms with Gasteiger partial charge in [-0.05, 0) is 18.2 Å². The molecule has 1 aromatic carbocycles. The molecule has 0 saturated carbocycles. The first kappa shape index (κ1) is 26.0. The summed E-state index contributed by atoms with van der Waals surface area (Å²) in [5, 5.41) is 49.5. The summed E-state index contributed by atoms with van der Waals surface area (Å²) in [6.07, 6.45) is 1.12. The average Bonchev–Trinajstić information content (AvgIpc) is 2.61. The van der Waals surface area contributed by atoms with Gasteiger partial charge in [-0.25, -0.2) is 19.2 Å². The molecule has 0 bridgehead atoms. The molecule has 0 aliphatic heterocycles. The molecule has 10 nitrogen and oxygen atoms in total. The molecular formula is C17H22O10. The van der Waals surface area contributed by atoms with Crippen LogP contribution in [0.15, 0.2) is 36.4 Å². The van der Waals surface area contributed by atoms with Crippen LogP contribution in [0.5, 0.6) is 0 Å². The summed E-state index contributed by atoms with van der Waals surface area (Å²) in [6, 6.07) is 5.20. The first-order valence-electron chi connectivity index (χ1n) is 7.28. The summed E-state index contributed by atoms with van der Waals surface area (Å²) in [6.45, 7) is 3.69. The van der Waals surface area contributed by atoms with Crippen molar-refractivity contribution in [3.05, 3.63) is 47.5 Å². The number of hydrogen-bond acceptors (Lipinski definition) is 6. The molecule has 0 radical (unpaired) electrons. The van der Waals surface area contributed by atoms with Gasteiger partial charge in [0.25, 0.3) is 0 Å². The van der Waals surface area contributed by atoms with E-state index in [1.807, 2.05) is 0 Å². The number of carbonyl (C=O) groups is 4. The molecule has 27 heavy (non-hydrogen) atoms. The van der Waals surface area contributed by atoms with E-state index in [1.54, 1.807) is 13.8 Å². The fraction of sp³-hybridized carbons (Fsp3) is 0.294. The highest BCUT2D eigenvalue weighted by Crippen LogP contribution is 2.10. The Morgan fingerprint density at radius 2 is 1.15 bits per heavy atom. The lowest BCUT2D eigenvalue weighted by molar-refractivity contribution is -0.134. The predicted molar refractivity (Wildman–Crippen MR) is 92.7 cm³/mol. The molecule has 0 aliphatic carbocycles. The fourth-order valence-electron chi connectivity index (χ4n) is 0.978. The van der Waals surface area contributed by atoms with Gasteiger partial charge in [-0.2, -0.15) is 0 Å². The Kier molecular flexibility index (Phi) is 12.5. The van der Waals surface area contributed by atoms with Gasteiger partial charge in [-0.3, -0.25) is 0 Å². The zero-order valence-electron chi connectivity index (χ0n) is 14.7. The zero-order valence-corrected chi connectivity index (χ0v) is 14.7. The average molecular weight is 386 g/mol. The van der Waals surface area contributed by atoms with Crippen LogP contribution in [0, 0.1) is 5.41 Å². The van der Waals surface area contributed by atoms with Crippen molar-refractivity contribution in [2.24, 2.45) is 5.41 Å². The van der Waals surface area contributed by atoms with E-state index in [9.17, 15) is 19.2 Å². The molecule has 0 aromatic heterocycles. The van der Waals surface area contributed by atoms with Crippen molar-refractivity contribution in [2.45, 2.75) is 13.8 Å². The Bertz CT molecular complexity index is 625. The summed E-state index contributed by atoms with van der Waals surface area (Å²) in [5.74, 6) is -4.77.